The number of piperidine rings is 2. The van der Waals surface area contributed by atoms with E-state index in [1.807, 2.05) is 24.3 Å². The standard InChI is InChI=1S/C18H27N3O6S/c1-27-15-5-3-2-4-14(15)13-7-10-21(11-8-13)28(25,26)16-6-9-19-12-18(16,23)17(22)20-24/h2-5,13,16,19,23-24H,6-12H2,1H3,(H,20,22). The highest BCUT2D eigenvalue weighted by Gasteiger charge is 2.54. The van der Waals surface area contributed by atoms with E-state index in [4.69, 9.17) is 9.94 Å². The summed E-state index contributed by atoms with van der Waals surface area (Å²) in [6, 6.07) is 7.71. The zero-order valence-electron chi connectivity index (χ0n) is 15.8. The molecule has 0 aliphatic carbocycles. The number of sulfonamides is 1. The van der Waals surface area contributed by atoms with Gasteiger partial charge in [-0.1, -0.05) is 18.2 Å². The molecule has 28 heavy (non-hydrogen) atoms. The number of methoxy groups -OCH3 is 1. The molecule has 10 heteroatoms. The Morgan fingerprint density at radius 1 is 1.29 bits per heavy atom. The smallest absolute Gasteiger partial charge is 0.278 e. The normalized spacial score (nSPS) is 27.3. The van der Waals surface area contributed by atoms with Crippen LogP contribution in [0.5, 0.6) is 5.75 Å². The van der Waals surface area contributed by atoms with Crippen molar-refractivity contribution >= 4 is 15.9 Å². The van der Waals surface area contributed by atoms with Crippen molar-refractivity contribution in [1.29, 1.82) is 0 Å². The Morgan fingerprint density at radius 2 is 1.96 bits per heavy atom. The van der Waals surface area contributed by atoms with E-state index in [1.54, 1.807) is 7.11 Å². The summed E-state index contributed by atoms with van der Waals surface area (Å²) in [5.41, 5.74) is 0.234. The van der Waals surface area contributed by atoms with E-state index < -0.39 is 26.8 Å². The fraction of sp³-hybridized carbons (Fsp3) is 0.611. The topological polar surface area (TPSA) is 128 Å². The number of para-hydroxylation sites is 1. The van der Waals surface area contributed by atoms with Crippen molar-refractivity contribution in [2.75, 3.05) is 33.3 Å². The van der Waals surface area contributed by atoms with Gasteiger partial charge in [0.05, 0.1) is 7.11 Å². The lowest BCUT2D eigenvalue weighted by atomic mass is 9.89. The maximum Gasteiger partial charge on any atom is 0.278 e. The van der Waals surface area contributed by atoms with E-state index in [9.17, 15) is 18.3 Å². The number of carbonyl (C=O) groups is 1. The first kappa shape index (κ1) is 21.0. The van der Waals surface area contributed by atoms with Gasteiger partial charge in [0.2, 0.25) is 10.0 Å². The molecule has 2 unspecified atom stereocenters. The number of amides is 1. The molecule has 1 aromatic carbocycles. The predicted molar refractivity (Wildman–Crippen MR) is 102 cm³/mol. The highest BCUT2D eigenvalue weighted by Crippen LogP contribution is 2.36. The van der Waals surface area contributed by atoms with Crippen molar-refractivity contribution in [1.82, 2.24) is 15.1 Å². The molecule has 2 aliphatic rings. The van der Waals surface area contributed by atoms with Crippen LogP contribution >= 0.6 is 0 Å². The molecule has 2 saturated heterocycles. The summed E-state index contributed by atoms with van der Waals surface area (Å²) in [6.07, 6.45) is 1.32. The summed E-state index contributed by atoms with van der Waals surface area (Å²) in [5.74, 6) is -0.149. The van der Waals surface area contributed by atoms with E-state index >= 15 is 0 Å². The zero-order chi connectivity index (χ0) is 20.4. The molecule has 9 nitrogen and oxygen atoms in total. The van der Waals surface area contributed by atoms with Crippen LogP contribution in [0.2, 0.25) is 0 Å². The minimum Gasteiger partial charge on any atom is -0.496 e. The Labute approximate surface area is 164 Å². The minimum atomic E-state index is -3.93. The van der Waals surface area contributed by atoms with Gasteiger partial charge in [-0.3, -0.25) is 10.0 Å². The van der Waals surface area contributed by atoms with E-state index in [0.29, 0.717) is 32.5 Å². The molecule has 0 bridgehead atoms. The van der Waals surface area contributed by atoms with Crippen LogP contribution in [0.25, 0.3) is 0 Å². The highest BCUT2D eigenvalue weighted by molar-refractivity contribution is 7.89. The van der Waals surface area contributed by atoms with Crippen LogP contribution in [-0.2, 0) is 14.8 Å². The van der Waals surface area contributed by atoms with E-state index in [0.717, 1.165) is 11.3 Å². The third-order valence-corrected chi connectivity index (χ3v) is 8.19. The average molecular weight is 413 g/mol. The molecule has 3 rings (SSSR count). The van der Waals surface area contributed by atoms with Crippen LogP contribution in [0, 0.1) is 0 Å². The monoisotopic (exact) mass is 413 g/mol. The largest absolute Gasteiger partial charge is 0.496 e. The number of hydrogen-bond donors (Lipinski definition) is 4. The van der Waals surface area contributed by atoms with Gasteiger partial charge in [-0.15, -0.1) is 0 Å². The number of rotatable bonds is 5. The Morgan fingerprint density at radius 3 is 2.61 bits per heavy atom. The fourth-order valence-corrected chi connectivity index (χ4v) is 6.37. The molecule has 4 N–H and O–H groups in total. The quantitative estimate of drug-likeness (QED) is 0.389. The number of benzene rings is 1. The van der Waals surface area contributed by atoms with Crippen LogP contribution in [0.15, 0.2) is 24.3 Å². The van der Waals surface area contributed by atoms with Gasteiger partial charge in [-0.25, -0.2) is 18.2 Å². The molecule has 0 radical (unpaired) electrons. The third kappa shape index (κ3) is 3.74. The maximum atomic E-state index is 13.2. The van der Waals surface area contributed by atoms with Crippen molar-refractivity contribution in [3.63, 3.8) is 0 Å². The van der Waals surface area contributed by atoms with Crippen molar-refractivity contribution in [2.24, 2.45) is 0 Å². The lowest BCUT2D eigenvalue weighted by Crippen LogP contribution is -2.67. The van der Waals surface area contributed by atoms with Gasteiger partial charge in [0, 0.05) is 19.6 Å². The lowest BCUT2D eigenvalue weighted by Gasteiger charge is -2.41. The van der Waals surface area contributed by atoms with Gasteiger partial charge in [0.15, 0.2) is 5.60 Å². The van der Waals surface area contributed by atoms with Crippen molar-refractivity contribution in [3.05, 3.63) is 29.8 Å². The maximum absolute atomic E-state index is 13.2. The zero-order valence-corrected chi connectivity index (χ0v) is 16.6. The molecule has 2 heterocycles. The van der Waals surface area contributed by atoms with Gasteiger partial charge in [0.1, 0.15) is 11.0 Å². The number of nitrogens with zero attached hydrogens (tertiary/aromatic N) is 1. The Hall–Kier alpha value is -1.72. The number of carbonyl (C=O) groups excluding carboxylic acids is 1. The summed E-state index contributed by atoms with van der Waals surface area (Å²) in [5, 5.41) is 21.2. The number of hydroxylamine groups is 1. The van der Waals surface area contributed by atoms with Crippen molar-refractivity contribution in [2.45, 2.75) is 36.0 Å². The molecule has 1 aromatic rings. The summed E-state index contributed by atoms with van der Waals surface area (Å²) < 4.78 is 33.2. The first-order valence-electron chi connectivity index (χ1n) is 9.34. The van der Waals surface area contributed by atoms with Crippen LogP contribution in [0.1, 0.15) is 30.7 Å². The molecule has 0 aromatic heterocycles. The summed E-state index contributed by atoms with van der Waals surface area (Å²) in [7, 11) is -2.32. The Bertz CT molecular complexity index is 809. The number of ether oxygens (including phenoxy) is 1. The van der Waals surface area contributed by atoms with Gasteiger partial charge in [-0.05, 0) is 43.4 Å². The van der Waals surface area contributed by atoms with Gasteiger partial charge in [0.25, 0.3) is 5.91 Å². The lowest BCUT2D eigenvalue weighted by molar-refractivity contribution is -0.150. The van der Waals surface area contributed by atoms with Crippen LogP contribution < -0.4 is 15.5 Å². The molecule has 0 saturated carbocycles. The van der Waals surface area contributed by atoms with Gasteiger partial charge >= 0.3 is 0 Å². The Kier molecular flexibility index (Phi) is 6.25. The summed E-state index contributed by atoms with van der Waals surface area (Å²) in [6.45, 7) is 0.723. The molecule has 2 aliphatic heterocycles. The van der Waals surface area contributed by atoms with Crippen molar-refractivity contribution < 1.29 is 28.3 Å². The molecular formula is C18H27N3O6S. The second-order valence-electron chi connectivity index (χ2n) is 7.28. The summed E-state index contributed by atoms with van der Waals surface area (Å²) in [4.78, 5) is 12.0. The SMILES string of the molecule is COc1ccccc1C1CCN(S(=O)(=O)C2CCNCC2(O)C(=O)NO)CC1. The van der Waals surface area contributed by atoms with Gasteiger partial charge in [-0.2, -0.15) is 0 Å². The fourth-order valence-electron chi connectivity index (χ4n) is 4.19. The van der Waals surface area contributed by atoms with E-state index in [1.165, 1.54) is 9.79 Å². The molecule has 156 valence electrons. The predicted octanol–water partition coefficient (Wildman–Crippen LogP) is -0.197. The van der Waals surface area contributed by atoms with E-state index in [2.05, 4.69) is 5.32 Å². The van der Waals surface area contributed by atoms with Crippen LogP contribution in [0.4, 0.5) is 0 Å². The molecule has 2 fully saturated rings. The summed E-state index contributed by atoms with van der Waals surface area (Å²) >= 11 is 0. The number of nitrogens with one attached hydrogen (secondary N) is 2. The second kappa shape index (κ2) is 8.34. The third-order valence-electron chi connectivity index (χ3n) is 5.76. The first-order chi connectivity index (χ1) is 13.3. The second-order valence-corrected chi connectivity index (χ2v) is 9.39. The van der Waals surface area contributed by atoms with Crippen molar-refractivity contribution in [3.8, 4) is 5.75 Å². The number of hydrogen-bond acceptors (Lipinski definition) is 7. The van der Waals surface area contributed by atoms with Crippen LogP contribution in [-0.4, -0.2) is 73.1 Å². The molecule has 1 amide bonds. The number of β-amino-alcohol motifs (C(OH)–C–C–N with tert-alkyl or cyclic N) is 1. The van der Waals surface area contributed by atoms with E-state index in [-0.39, 0.29) is 18.9 Å². The Balaban J connectivity index is 1.76. The minimum absolute atomic E-state index is 0.0820. The number of aliphatic hydroxyl groups is 1. The first-order valence-corrected chi connectivity index (χ1v) is 10.8. The molecule has 2 atom stereocenters. The molecule has 0 spiro atoms. The molecular weight excluding hydrogens is 386 g/mol. The average Bonchev–Trinajstić information content (AvgIpc) is 2.73. The highest BCUT2D eigenvalue weighted by atomic mass is 32.2. The van der Waals surface area contributed by atoms with Crippen LogP contribution in [0.3, 0.4) is 0 Å². The van der Waals surface area contributed by atoms with Gasteiger partial charge < -0.3 is 15.2 Å².